The zero-order valence-electron chi connectivity index (χ0n) is 14.8. The molecule has 1 atom stereocenters. The number of para-hydroxylation sites is 1. The van der Waals surface area contributed by atoms with Gasteiger partial charge >= 0.3 is 0 Å². The van der Waals surface area contributed by atoms with Crippen molar-refractivity contribution < 1.29 is 14.7 Å². The van der Waals surface area contributed by atoms with E-state index in [1.165, 1.54) is 22.7 Å². The second-order valence-electron chi connectivity index (χ2n) is 6.40. The Kier molecular flexibility index (Phi) is 4.45. The fourth-order valence-corrected chi connectivity index (χ4v) is 5.08. The van der Waals surface area contributed by atoms with Gasteiger partial charge in [-0.05, 0) is 53.9 Å². The topological polar surface area (TPSA) is 57.6 Å². The van der Waals surface area contributed by atoms with Gasteiger partial charge in [0.25, 0.3) is 5.91 Å². The third-order valence-corrected chi connectivity index (χ3v) is 6.66. The lowest BCUT2D eigenvalue weighted by atomic mass is 9.98. The van der Waals surface area contributed by atoms with Crippen molar-refractivity contribution in [3.63, 3.8) is 0 Å². The molecule has 4 nitrogen and oxygen atoms in total. The van der Waals surface area contributed by atoms with Crippen LogP contribution in [0.5, 0.6) is 0 Å². The minimum atomic E-state index is -0.631. The first-order valence-corrected chi connectivity index (χ1v) is 10.2. The van der Waals surface area contributed by atoms with Crippen LogP contribution in [-0.2, 0) is 4.79 Å². The predicted octanol–water partition coefficient (Wildman–Crippen LogP) is 5.21. The molecule has 3 heterocycles. The molecule has 2 aromatic heterocycles. The molecule has 0 radical (unpaired) electrons. The van der Waals surface area contributed by atoms with Gasteiger partial charge in [-0.1, -0.05) is 24.3 Å². The van der Waals surface area contributed by atoms with E-state index in [-0.39, 0.29) is 11.4 Å². The van der Waals surface area contributed by atoms with Crippen molar-refractivity contribution in [2.24, 2.45) is 0 Å². The van der Waals surface area contributed by atoms with Gasteiger partial charge in [0.05, 0.1) is 10.5 Å². The number of ketones is 1. The molecule has 27 heavy (non-hydrogen) atoms. The first kappa shape index (κ1) is 17.7. The molecule has 1 aromatic carbocycles. The molecule has 0 saturated heterocycles. The molecule has 1 amide bonds. The summed E-state index contributed by atoms with van der Waals surface area (Å²) in [5, 5.41) is 14.4. The number of aliphatic hydroxyl groups is 1. The standard InChI is InChI=1S/C21H17NO3S2/c1-12-6-3-4-7-14(12)22-17(20-13(2)9-11-27-20)16(19(24)21(22)25)18(23)15-8-5-10-26-15/h3-11,17,24H,1-2H3. The maximum Gasteiger partial charge on any atom is 0.294 e. The van der Waals surface area contributed by atoms with Gasteiger partial charge in [-0.25, -0.2) is 0 Å². The van der Waals surface area contributed by atoms with E-state index in [4.69, 9.17) is 0 Å². The van der Waals surface area contributed by atoms with E-state index in [1.54, 1.807) is 17.0 Å². The number of carbonyl (C=O) groups is 2. The van der Waals surface area contributed by atoms with E-state index >= 15 is 0 Å². The van der Waals surface area contributed by atoms with Crippen molar-refractivity contribution in [1.82, 2.24) is 0 Å². The van der Waals surface area contributed by atoms with Crippen molar-refractivity contribution in [1.29, 1.82) is 0 Å². The molecule has 1 unspecified atom stereocenters. The zero-order chi connectivity index (χ0) is 19.1. The molecule has 3 aromatic rings. The van der Waals surface area contributed by atoms with E-state index in [9.17, 15) is 14.7 Å². The maximum absolute atomic E-state index is 13.2. The second kappa shape index (κ2) is 6.79. The SMILES string of the molecule is Cc1ccccc1N1C(=O)C(O)=C(C(=O)c2cccs2)C1c1sccc1C. The van der Waals surface area contributed by atoms with E-state index in [0.717, 1.165) is 16.0 Å². The number of anilines is 1. The highest BCUT2D eigenvalue weighted by atomic mass is 32.1. The first-order chi connectivity index (χ1) is 13.0. The van der Waals surface area contributed by atoms with E-state index in [2.05, 4.69) is 0 Å². The minimum absolute atomic E-state index is 0.149. The summed E-state index contributed by atoms with van der Waals surface area (Å²) in [6, 6.07) is 12.3. The van der Waals surface area contributed by atoms with Crippen molar-refractivity contribution in [2.45, 2.75) is 19.9 Å². The molecule has 0 saturated carbocycles. The highest BCUT2D eigenvalue weighted by Gasteiger charge is 2.46. The summed E-state index contributed by atoms with van der Waals surface area (Å²) < 4.78 is 0. The van der Waals surface area contributed by atoms with Crippen molar-refractivity contribution >= 4 is 40.1 Å². The van der Waals surface area contributed by atoms with Gasteiger partial charge in [0, 0.05) is 10.6 Å². The Morgan fingerprint density at radius 2 is 1.78 bits per heavy atom. The number of hydrogen-bond acceptors (Lipinski definition) is 5. The second-order valence-corrected chi connectivity index (χ2v) is 8.30. The number of aliphatic hydroxyl groups excluding tert-OH is 1. The Balaban J connectivity index is 1.92. The van der Waals surface area contributed by atoms with E-state index in [0.29, 0.717) is 10.6 Å². The van der Waals surface area contributed by atoms with Crippen molar-refractivity contribution in [3.05, 3.63) is 85.4 Å². The molecule has 136 valence electrons. The Labute approximate surface area is 165 Å². The number of rotatable bonds is 4. The molecule has 1 aliphatic rings. The van der Waals surface area contributed by atoms with Crippen LogP contribution in [0.15, 0.2) is 64.6 Å². The first-order valence-electron chi connectivity index (χ1n) is 8.45. The monoisotopic (exact) mass is 395 g/mol. The Bertz CT molecular complexity index is 1060. The van der Waals surface area contributed by atoms with Crippen LogP contribution in [0.4, 0.5) is 5.69 Å². The molecule has 1 N–H and O–H groups in total. The molecule has 0 aliphatic carbocycles. The van der Waals surface area contributed by atoms with Gasteiger partial charge in [-0.2, -0.15) is 0 Å². The third kappa shape index (κ3) is 2.81. The summed E-state index contributed by atoms with van der Waals surface area (Å²) in [6.45, 7) is 3.87. The van der Waals surface area contributed by atoms with Gasteiger partial charge in [0.15, 0.2) is 5.76 Å². The fourth-order valence-electron chi connectivity index (χ4n) is 3.37. The highest BCUT2D eigenvalue weighted by Crippen LogP contribution is 2.45. The molecule has 0 fully saturated rings. The predicted molar refractivity (Wildman–Crippen MR) is 109 cm³/mol. The van der Waals surface area contributed by atoms with Gasteiger partial charge in [0.2, 0.25) is 5.78 Å². The lowest BCUT2D eigenvalue weighted by Gasteiger charge is -2.27. The maximum atomic E-state index is 13.2. The number of carbonyl (C=O) groups excluding carboxylic acids is 2. The lowest BCUT2D eigenvalue weighted by Crippen LogP contribution is -2.31. The van der Waals surface area contributed by atoms with E-state index < -0.39 is 17.7 Å². The Hall–Kier alpha value is -2.70. The number of benzene rings is 1. The Morgan fingerprint density at radius 1 is 1.00 bits per heavy atom. The molecule has 0 bridgehead atoms. The Morgan fingerprint density at radius 3 is 2.41 bits per heavy atom. The quantitative estimate of drug-likeness (QED) is 0.617. The number of Topliss-reactive ketones (excluding diaryl/α,β-unsaturated/α-hetero) is 1. The number of thiophene rings is 2. The van der Waals surface area contributed by atoms with E-state index in [1.807, 2.05) is 54.9 Å². The summed E-state index contributed by atoms with van der Waals surface area (Å²) >= 11 is 2.79. The van der Waals surface area contributed by atoms with Crippen LogP contribution in [-0.4, -0.2) is 16.8 Å². The summed E-state index contributed by atoms with van der Waals surface area (Å²) in [5.41, 5.74) is 2.74. The number of aryl methyl sites for hydroxylation is 2. The normalized spacial score (nSPS) is 17.0. The zero-order valence-corrected chi connectivity index (χ0v) is 16.4. The van der Waals surface area contributed by atoms with Crippen LogP contribution < -0.4 is 4.90 Å². The smallest absolute Gasteiger partial charge is 0.294 e. The van der Waals surface area contributed by atoms with Crippen LogP contribution >= 0.6 is 22.7 Å². The van der Waals surface area contributed by atoms with Crippen LogP contribution in [0.1, 0.15) is 31.7 Å². The van der Waals surface area contributed by atoms with Crippen LogP contribution in [0, 0.1) is 13.8 Å². The van der Waals surface area contributed by atoms with Gasteiger partial charge in [-0.15, -0.1) is 22.7 Å². The fraction of sp³-hybridized carbons (Fsp3) is 0.143. The van der Waals surface area contributed by atoms with Crippen LogP contribution in [0.25, 0.3) is 0 Å². The van der Waals surface area contributed by atoms with Crippen LogP contribution in [0.3, 0.4) is 0 Å². The number of amides is 1. The largest absolute Gasteiger partial charge is 0.503 e. The van der Waals surface area contributed by atoms with Gasteiger partial charge in [-0.3, -0.25) is 14.5 Å². The summed E-state index contributed by atoms with van der Waals surface area (Å²) in [7, 11) is 0. The number of hydrogen-bond donors (Lipinski definition) is 1. The average molecular weight is 396 g/mol. The van der Waals surface area contributed by atoms with Gasteiger partial charge < -0.3 is 5.11 Å². The summed E-state index contributed by atoms with van der Waals surface area (Å²) in [4.78, 5) is 29.1. The molecular formula is C21H17NO3S2. The van der Waals surface area contributed by atoms with Crippen LogP contribution in [0.2, 0.25) is 0 Å². The van der Waals surface area contributed by atoms with Crippen molar-refractivity contribution in [2.75, 3.05) is 4.90 Å². The number of nitrogens with zero attached hydrogens (tertiary/aromatic N) is 1. The molecule has 6 heteroatoms. The minimum Gasteiger partial charge on any atom is -0.503 e. The third-order valence-electron chi connectivity index (χ3n) is 4.72. The van der Waals surface area contributed by atoms with Crippen molar-refractivity contribution in [3.8, 4) is 0 Å². The highest BCUT2D eigenvalue weighted by molar-refractivity contribution is 7.12. The molecule has 0 spiro atoms. The average Bonchev–Trinajstić information content (AvgIpc) is 3.37. The lowest BCUT2D eigenvalue weighted by molar-refractivity contribution is -0.117. The summed E-state index contributed by atoms with van der Waals surface area (Å²) in [5.74, 6) is -1.30. The molecular weight excluding hydrogens is 378 g/mol. The molecule has 1 aliphatic heterocycles. The summed E-state index contributed by atoms with van der Waals surface area (Å²) in [6.07, 6.45) is 0. The molecule has 4 rings (SSSR count). The van der Waals surface area contributed by atoms with Gasteiger partial charge in [0.1, 0.15) is 6.04 Å².